The van der Waals surface area contributed by atoms with Gasteiger partial charge in [0.1, 0.15) is 6.10 Å². The average Bonchev–Trinajstić information content (AvgIpc) is 2.98. The van der Waals surface area contributed by atoms with Crippen molar-refractivity contribution in [1.29, 1.82) is 0 Å². The van der Waals surface area contributed by atoms with E-state index in [2.05, 4.69) is 28.9 Å². The van der Waals surface area contributed by atoms with Gasteiger partial charge in [0.25, 0.3) is 0 Å². The smallest absolute Gasteiger partial charge is 0.229 e. The van der Waals surface area contributed by atoms with Gasteiger partial charge in [0.05, 0.1) is 6.61 Å². The van der Waals surface area contributed by atoms with Crippen LogP contribution < -0.4 is 0 Å². The molecule has 1 aromatic heterocycles. The highest BCUT2D eigenvalue weighted by molar-refractivity contribution is 4.97. The molecule has 112 valence electrons. The van der Waals surface area contributed by atoms with E-state index < -0.39 is 0 Å². The van der Waals surface area contributed by atoms with Gasteiger partial charge in [-0.3, -0.25) is 4.90 Å². The first-order chi connectivity index (χ1) is 9.74. The molecule has 3 rings (SSSR count). The molecule has 1 saturated carbocycles. The average molecular weight is 279 g/mol. The molecule has 0 unspecified atom stereocenters. The fraction of sp³-hybridized carbons (Fsp3) is 0.867. The van der Waals surface area contributed by atoms with Crippen molar-refractivity contribution in [2.45, 2.75) is 64.0 Å². The third kappa shape index (κ3) is 3.04. The van der Waals surface area contributed by atoms with Crippen molar-refractivity contribution in [1.82, 2.24) is 15.0 Å². The van der Waals surface area contributed by atoms with E-state index in [1.54, 1.807) is 0 Å². The maximum Gasteiger partial charge on any atom is 0.229 e. The molecule has 2 fully saturated rings. The van der Waals surface area contributed by atoms with Gasteiger partial charge in [-0.2, -0.15) is 4.98 Å². The standard InChI is InChI=1S/C15H25N3O2/c1-11(2)15-16-14(17-20-15)13-10-18(8-9-19-13)12-6-4-3-5-7-12/h11-13H,3-10H2,1-2H3/t13-/m0/s1. The Hall–Kier alpha value is -0.940. The van der Waals surface area contributed by atoms with E-state index in [0.29, 0.717) is 11.7 Å². The van der Waals surface area contributed by atoms with Gasteiger partial charge in [-0.15, -0.1) is 0 Å². The molecule has 1 aromatic rings. The Morgan fingerprint density at radius 3 is 2.70 bits per heavy atom. The molecular formula is C15H25N3O2. The van der Waals surface area contributed by atoms with Gasteiger partial charge in [-0.25, -0.2) is 0 Å². The van der Waals surface area contributed by atoms with Crippen LogP contribution in [-0.2, 0) is 4.74 Å². The molecule has 0 N–H and O–H groups in total. The van der Waals surface area contributed by atoms with Crippen LogP contribution in [0.25, 0.3) is 0 Å². The van der Waals surface area contributed by atoms with E-state index in [9.17, 15) is 0 Å². The molecule has 5 heteroatoms. The molecule has 1 saturated heterocycles. The van der Waals surface area contributed by atoms with E-state index in [1.165, 1.54) is 32.1 Å². The van der Waals surface area contributed by atoms with Crippen LogP contribution in [0.15, 0.2) is 4.52 Å². The molecule has 5 nitrogen and oxygen atoms in total. The molecule has 2 aliphatic rings. The Morgan fingerprint density at radius 2 is 2.00 bits per heavy atom. The summed E-state index contributed by atoms with van der Waals surface area (Å²) in [5, 5.41) is 4.10. The predicted octanol–water partition coefficient (Wildman–Crippen LogP) is 2.90. The Balaban J connectivity index is 1.64. The van der Waals surface area contributed by atoms with E-state index in [1.807, 2.05) is 0 Å². The first-order valence-electron chi connectivity index (χ1n) is 7.93. The van der Waals surface area contributed by atoms with Crippen LogP contribution in [0.1, 0.15) is 69.7 Å². The third-order valence-corrected chi connectivity index (χ3v) is 4.43. The minimum atomic E-state index is -0.0260. The monoisotopic (exact) mass is 279 g/mol. The number of nitrogens with zero attached hydrogens (tertiary/aromatic N) is 3. The molecular weight excluding hydrogens is 254 g/mol. The summed E-state index contributed by atoms with van der Waals surface area (Å²) in [5.74, 6) is 1.70. The minimum Gasteiger partial charge on any atom is -0.367 e. The normalized spacial score (nSPS) is 26.2. The summed E-state index contributed by atoms with van der Waals surface area (Å²) in [6, 6.07) is 0.728. The molecule has 1 atom stereocenters. The number of ether oxygens (including phenoxy) is 1. The van der Waals surface area contributed by atoms with Crippen LogP contribution in [0.2, 0.25) is 0 Å². The summed E-state index contributed by atoms with van der Waals surface area (Å²) in [6.45, 7) is 6.84. The van der Waals surface area contributed by atoms with Crippen LogP contribution in [0.3, 0.4) is 0 Å². The van der Waals surface area contributed by atoms with E-state index in [-0.39, 0.29) is 12.0 Å². The number of aromatic nitrogens is 2. The molecule has 0 amide bonds. The fourth-order valence-electron chi connectivity index (χ4n) is 3.22. The quantitative estimate of drug-likeness (QED) is 0.851. The molecule has 1 aliphatic carbocycles. The lowest BCUT2D eigenvalue weighted by molar-refractivity contribution is -0.0543. The molecule has 2 heterocycles. The summed E-state index contributed by atoms with van der Waals surface area (Å²) in [7, 11) is 0. The third-order valence-electron chi connectivity index (χ3n) is 4.43. The second kappa shape index (κ2) is 6.22. The zero-order valence-electron chi connectivity index (χ0n) is 12.5. The van der Waals surface area contributed by atoms with Crippen LogP contribution >= 0.6 is 0 Å². The Bertz CT molecular complexity index is 427. The van der Waals surface area contributed by atoms with Crippen molar-refractivity contribution in [3.8, 4) is 0 Å². The van der Waals surface area contributed by atoms with Crippen molar-refractivity contribution >= 4 is 0 Å². The lowest BCUT2D eigenvalue weighted by atomic mass is 9.93. The Labute approximate surface area is 120 Å². The van der Waals surface area contributed by atoms with Crippen LogP contribution in [0.5, 0.6) is 0 Å². The van der Waals surface area contributed by atoms with E-state index >= 15 is 0 Å². The lowest BCUT2D eigenvalue weighted by Crippen LogP contribution is -2.45. The Kier molecular flexibility index (Phi) is 4.36. The zero-order chi connectivity index (χ0) is 13.9. The number of morpholine rings is 1. The van der Waals surface area contributed by atoms with Crippen molar-refractivity contribution in [3.05, 3.63) is 11.7 Å². The largest absolute Gasteiger partial charge is 0.367 e. The highest BCUT2D eigenvalue weighted by Crippen LogP contribution is 2.28. The van der Waals surface area contributed by atoms with Crippen molar-refractivity contribution < 1.29 is 9.26 Å². The second-order valence-electron chi connectivity index (χ2n) is 6.29. The van der Waals surface area contributed by atoms with Crippen LogP contribution in [-0.4, -0.2) is 40.8 Å². The molecule has 1 aliphatic heterocycles. The fourth-order valence-corrected chi connectivity index (χ4v) is 3.22. The molecule has 0 radical (unpaired) electrons. The van der Waals surface area contributed by atoms with Gasteiger partial charge in [0, 0.05) is 25.0 Å². The topological polar surface area (TPSA) is 51.4 Å². The van der Waals surface area contributed by atoms with Crippen LogP contribution in [0, 0.1) is 0 Å². The summed E-state index contributed by atoms with van der Waals surface area (Å²) in [6.07, 6.45) is 6.76. The van der Waals surface area contributed by atoms with Gasteiger partial charge < -0.3 is 9.26 Å². The summed E-state index contributed by atoms with van der Waals surface area (Å²) < 4.78 is 11.2. The molecule has 0 aromatic carbocycles. The van der Waals surface area contributed by atoms with E-state index in [0.717, 1.165) is 25.7 Å². The van der Waals surface area contributed by atoms with Crippen molar-refractivity contribution in [2.24, 2.45) is 0 Å². The van der Waals surface area contributed by atoms with Gasteiger partial charge >= 0.3 is 0 Å². The number of hydrogen-bond acceptors (Lipinski definition) is 5. The first-order valence-corrected chi connectivity index (χ1v) is 7.93. The summed E-state index contributed by atoms with van der Waals surface area (Å²) in [5.41, 5.74) is 0. The predicted molar refractivity (Wildman–Crippen MR) is 75.5 cm³/mol. The lowest BCUT2D eigenvalue weighted by Gasteiger charge is -2.39. The number of hydrogen-bond donors (Lipinski definition) is 0. The maximum atomic E-state index is 5.85. The summed E-state index contributed by atoms with van der Waals surface area (Å²) in [4.78, 5) is 7.05. The van der Waals surface area contributed by atoms with Crippen LogP contribution in [0.4, 0.5) is 0 Å². The van der Waals surface area contributed by atoms with E-state index in [4.69, 9.17) is 9.26 Å². The molecule has 0 spiro atoms. The van der Waals surface area contributed by atoms with Crippen molar-refractivity contribution in [2.75, 3.05) is 19.7 Å². The highest BCUT2D eigenvalue weighted by Gasteiger charge is 2.30. The minimum absolute atomic E-state index is 0.0260. The zero-order valence-corrected chi connectivity index (χ0v) is 12.5. The molecule has 20 heavy (non-hydrogen) atoms. The van der Waals surface area contributed by atoms with Gasteiger partial charge in [-0.1, -0.05) is 38.3 Å². The first kappa shape index (κ1) is 14.0. The highest BCUT2D eigenvalue weighted by atomic mass is 16.5. The maximum absolute atomic E-state index is 5.85. The van der Waals surface area contributed by atoms with Gasteiger partial charge in [0.2, 0.25) is 11.7 Å². The number of rotatable bonds is 3. The SMILES string of the molecule is CC(C)c1nc([C@@H]2CN(C3CCCCC3)CCO2)no1. The summed E-state index contributed by atoms with van der Waals surface area (Å²) >= 11 is 0. The van der Waals surface area contributed by atoms with Crippen molar-refractivity contribution in [3.63, 3.8) is 0 Å². The Morgan fingerprint density at radius 1 is 1.20 bits per heavy atom. The van der Waals surface area contributed by atoms with Gasteiger partial charge in [0.15, 0.2) is 0 Å². The second-order valence-corrected chi connectivity index (χ2v) is 6.29. The van der Waals surface area contributed by atoms with Gasteiger partial charge in [-0.05, 0) is 12.8 Å². The molecule has 0 bridgehead atoms.